The van der Waals surface area contributed by atoms with Crippen molar-refractivity contribution in [2.75, 3.05) is 6.54 Å². The molecule has 1 fully saturated rings. The first-order valence-electron chi connectivity index (χ1n) is 9.86. The van der Waals surface area contributed by atoms with Gasteiger partial charge in [-0.3, -0.25) is 4.79 Å². The predicted molar refractivity (Wildman–Crippen MR) is 107 cm³/mol. The molecule has 1 N–H and O–H groups in total. The molecule has 1 heterocycles. The molecular weight excluding hydrogens is 350 g/mol. The smallest absolute Gasteiger partial charge is 0.245 e. The van der Waals surface area contributed by atoms with E-state index in [1.807, 2.05) is 36.4 Å². The van der Waals surface area contributed by atoms with Crippen molar-refractivity contribution in [3.05, 3.63) is 78.1 Å². The van der Waals surface area contributed by atoms with Crippen LogP contribution >= 0.6 is 0 Å². The average Bonchev–Trinajstić information content (AvgIpc) is 3.45. The zero-order valence-electron chi connectivity index (χ0n) is 15.9. The van der Waals surface area contributed by atoms with Crippen molar-refractivity contribution in [2.24, 2.45) is 0 Å². The third kappa shape index (κ3) is 3.96. The molecule has 1 saturated carbocycles. The molecule has 0 radical (unpaired) electrons. The van der Waals surface area contributed by atoms with Gasteiger partial charge in [0.2, 0.25) is 5.91 Å². The lowest BCUT2D eigenvalue weighted by molar-refractivity contribution is -0.124. The Bertz CT molecular complexity index is 874. The third-order valence-corrected chi connectivity index (χ3v) is 5.81. The third-order valence-electron chi connectivity index (χ3n) is 5.81. The van der Waals surface area contributed by atoms with Gasteiger partial charge >= 0.3 is 0 Å². The molecule has 1 amide bonds. The fourth-order valence-corrected chi connectivity index (χ4v) is 4.24. The number of tetrazole rings is 1. The number of nitrogens with zero attached hydrogens (tertiary/aromatic N) is 4. The zero-order chi connectivity index (χ0) is 19.2. The normalized spacial score (nSPS) is 16.6. The Morgan fingerprint density at radius 3 is 2.36 bits per heavy atom. The number of aromatic nitrogens is 4. The van der Waals surface area contributed by atoms with Crippen LogP contribution in [0.4, 0.5) is 0 Å². The maximum Gasteiger partial charge on any atom is 0.245 e. The van der Waals surface area contributed by atoms with Crippen LogP contribution in [0, 0.1) is 0 Å². The van der Waals surface area contributed by atoms with Crippen LogP contribution < -0.4 is 5.32 Å². The molecule has 1 aliphatic rings. The van der Waals surface area contributed by atoms with Crippen LogP contribution in [0.3, 0.4) is 0 Å². The van der Waals surface area contributed by atoms with Crippen LogP contribution in [0.5, 0.6) is 0 Å². The van der Waals surface area contributed by atoms with Gasteiger partial charge in [-0.25, -0.2) is 4.68 Å². The van der Waals surface area contributed by atoms with Gasteiger partial charge < -0.3 is 5.32 Å². The van der Waals surface area contributed by atoms with Crippen LogP contribution in [0.25, 0.3) is 0 Å². The summed E-state index contributed by atoms with van der Waals surface area (Å²) < 4.78 is 1.55. The summed E-state index contributed by atoms with van der Waals surface area (Å²) in [6.07, 6.45) is 6.67. The number of amides is 1. The van der Waals surface area contributed by atoms with Crippen molar-refractivity contribution >= 4 is 5.91 Å². The Kier molecular flexibility index (Phi) is 5.46. The van der Waals surface area contributed by atoms with Gasteiger partial charge in [-0.05, 0) is 34.4 Å². The van der Waals surface area contributed by atoms with Crippen molar-refractivity contribution < 1.29 is 4.79 Å². The van der Waals surface area contributed by atoms with E-state index in [2.05, 4.69) is 45.1 Å². The summed E-state index contributed by atoms with van der Waals surface area (Å²) in [7, 11) is 0. The van der Waals surface area contributed by atoms with Crippen LogP contribution in [-0.2, 0) is 16.6 Å². The fraction of sp³-hybridized carbons (Fsp3) is 0.364. The summed E-state index contributed by atoms with van der Waals surface area (Å²) in [4.78, 5) is 13.1. The second kappa shape index (κ2) is 8.33. The Morgan fingerprint density at radius 1 is 1.04 bits per heavy atom. The van der Waals surface area contributed by atoms with E-state index in [0.29, 0.717) is 13.0 Å². The van der Waals surface area contributed by atoms with Gasteiger partial charge in [0.05, 0.1) is 0 Å². The average molecular weight is 375 g/mol. The molecule has 6 heteroatoms. The Labute approximate surface area is 165 Å². The summed E-state index contributed by atoms with van der Waals surface area (Å²) in [5.41, 5.74) is 2.42. The molecule has 2 aromatic carbocycles. The molecule has 1 aliphatic carbocycles. The lowest BCUT2D eigenvalue weighted by Crippen LogP contribution is -2.42. The van der Waals surface area contributed by atoms with Crippen molar-refractivity contribution in [3.63, 3.8) is 0 Å². The van der Waals surface area contributed by atoms with Crippen LogP contribution in [0.2, 0.25) is 0 Å². The molecule has 6 nitrogen and oxygen atoms in total. The second-order valence-electron chi connectivity index (χ2n) is 7.57. The quantitative estimate of drug-likeness (QED) is 0.689. The maximum absolute atomic E-state index is 13.1. The molecule has 1 atom stereocenters. The molecule has 4 rings (SSSR count). The van der Waals surface area contributed by atoms with Gasteiger partial charge in [0.25, 0.3) is 0 Å². The van der Waals surface area contributed by atoms with E-state index in [4.69, 9.17) is 0 Å². The first kappa shape index (κ1) is 18.3. The van der Waals surface area contributed by atoms with Crippen molar-refractivity contribution in [3.8, 4) is 0 Å². The molecular formula is C22H25N5O. The molecule has 0 bridgehead atoms. The lowest BCUT2D eigenvalue weighted by Gasteiger charge is -2.31. The molecule has 0 spiro atoms. The Hall–Kier alpha value is -3.02. The summed E-state index contributed by atoms with van der Waals surface area (Å²) >= 11 is 0. The topological polar surface area (TPSA) is 72.7 Å². The Balaban J connectivity index is 1.51. The highest BCUT2D eigenvalue weighted by molar-refractivity contribution is 5.80. The van der Waals surface area contributed by atoms with E-state index in [9.17, 15) is 4.79 Å². The van der Waals surface area contributed by atoms with E-state index >= 15 is 0 Å². The molecule has 1 unspecified atom stereocenters. The highest BCUT2D eigenvalue weighted by Gasteiger charge is 2.36. The second-order valence-corrected chi connectivity index (χ2v) is 7.57. The standard InChI is InChI=1S/C22H25N5O/c28-21(20(27-17-24-25-26-27)15-18-9-3-1-4-10-18)23-16-22(13-7-8-14-22)19-11-5-2-6-12-19/h1-6,9-12,17,20H,7-8,13-16H2,(H,23,28). The highest BCUT2D eigenvalue weighted by Crippen LogP contribution is 2.40. The van der Waals surface area contributed by atoms with Crippen LogP contribution in [0.1, 0.15) is 42.9 Å². The number of hydrogen-bond acceptors (Lipinski definition) is 4. The minimum atomic E-state index is -0.466. The summed E-state index contributed by atoms with van der Waals surface area (Å²) in [5, 5.41) is 14.6. The number of hydrogen-bond donors (Lipinski definition) is 1. The molecule has 0 saturated heterocycles. The van der Waals surface area contributed by atoms with Crippen molar-refractivity contribution in [2.45, 2.75) is 43.6 Å². The zero-order valence-corrected chi connectivity index (χ0v) is 15.9. The molecule has 0 aliphatic heterocycles. The van der Waals surface area contributed by atoms with Gasteiger partial charge in [-0.2, -0.15) is 0 Å². The van der Waals surface area contributed by atoms with E-state index in [-0.39, 0.29) is 11.3 Å². The van der Waals surface area contributed by atoms with Gasteiger partial charge in [0, 0.05) is 18.4 Å². The van der Waals surface area contributed by atoms with Gasteiger partial charge in [0.1, 0.15) is 12.4 Å². The Morgan fingerprint density at radius 2 is 1.71 bits per heavy atom. The van der Waals surface area contributed by atoms with Crippen LogP contribution in [0.15, 0.2) is 67.0 Å². The van der Waals surface area contributed by atoms with E-state index in [0.717, 1.165) is 18.4 Å². The predicted octanol–water partition coefficient (Wildman–Crippen LogP) is 3.09. The van der Waals surface area contributed by atoms with Gasteiger partial charge in [0.15, 0.2) is 0 Å². The fourth-order valence-electron chi connectivity index (χ4n) is 4.24. The number of carbonyl (C=O) groups excluding carboxylic acids is 1. The SMILES string of the molecule is O=C(NCC1(c2ccccc2)CCCC1)C(Cc1ccccc1)n1cnnn1. The molecule has 28 heavy (non-hydrogen) atoms. The van der Waals surface area contributed by atoms with Crippen molar-refractivity contribution in [1.82, 2.24) is 25.5 Å². The van der Waals surface area contributed by atoms with E-state index in [1.165, 1.54) is 24.7 Å². The minimum absolute atomic E-state index is 0.0227. The first-order chi connectivity index (χ1) is 13.8. The van der Waals surface area contributed by atoms with Crippen LogP contribution in [-0.4, -0.2) is 32.7 Å². The molecule has 1 aromatic heterocycles. The number of carbonyl (C=O) groups is 1. The van der Waals surface area contributed by atoms with Gasteiger partial charge in [-0.15, -0.1) is 5.10 Å². The minimum Gasteiger partial charge on any atom is -0.353 e. The first-order valence-corrected chi connectivity index (χ1v) is 9.86. The number of nitrogens with one attached hydrogen (secondary N) is 1. The van der Waals surface area contributed by atoms with E-state index in [1.54, 1.807) is 4.68 Å². The molecule has 3 aromatic rings. The maximum atomic E-state index is 13.1. The lowest BCUT2D eigenvalue weighted by atomic mass is 9.79. The monoisotopic (exact) mass is 375 g/mol. The van der Waals surface area contributed by atoms with Crippen molar-refractivity contribution in [1.29, 1.82) is 0 Å². The largest absolute Gasteiger partial charge is 0.353 e. The number of benzene rings is 2. The number of rotatable bonds is 7. The van der Waals surface area contributed by atoms with Gasteiger partial charge in [-0.1, -0.05) is 73.5 Å². The molecule has 144 valence electrons. The summed E-state index contributed by atoms with van der Waals surface area (Å²) in [5.74, 6) is -0.0432. The summed E-state index contributed by atoms with van der Waals surface area (Å²) in [6, 6.07) is 20.1. The highest BCUT2D eigenvalue weighted by atomic mass is 16.2. The summed E-state index contributed by atoms with van der Waals surface area (Å²) in [6.45, 7) is 0.642. The van der Waals surface area contributed by atoms with E-state index < -0.39 is 6.04 Å².